The van der Waals surface area contributed by atoms with Gasteiger partial charge in [0.1, 0.15) is 5.76 Å². The van der Waals surface area contributed by atoms with E-state index in [0.29, 0.717) is 24.4 Å². The lowest BCUT2D eigenvalue weighted by Crippen LogP contribution is -2.26. The van der Waals surface area contributed by atoms with Crippen molar-refractivity contribution in [3.05, 3.63) is 60.2 Å². The van der Waals surface area contributed by atoms with E-state index in [0.717, 1.165) is 17.9 Å². The average molecular weight is 307 g/mol. The van der Waals surface area contributed by atoms with Gasteiger partial charge in [-0.1, -0.05) is 18.2 Å². The second-order valence-corrected chi connectivity index (χ2v) is 5.63. The van der Waals surface area contributed by atoms with Crippen LogP contribution in [0.25, 0.3) is 0 Å². The van der Waals surface area contributed by atoms with E-state index in [1.54, 1.807) is 12.5 Å². The number of para-hydroxylation sites is 1. The van der Waals surface area contributed by atoms with E-state index in [1.807, 2.05) is 18.2 Å². The number of nitrogens with zero attached hydrogens (tertiary/aromatic N) is 4. The summed E-state index contributed by atoms with van der Waals surface area (Å²) >= 11 is 0. The van der Waals surface area contributed by atoms with Crippen molar-refractivity contribution in [2.45, 2.75) is 25.9 Å². The Balaban J connectivity index is 1.59. The molecule has 2 aromatic heterocycles. The van der Waals surface area contributed by atoms with Crippen molar-refractivity contribution in [3.8, 4) is 0 Å². The summed E-state index contributed by atoms with van der Waals surface area (Å²) in [6.45, 7) is 2.74. The summed E-state index contributed by atoms with van der Waals surface area (Å²) in [6, 6.07) is 12.5. The first-order chi connectivity index (χ1) is 11.3. The van der Waals surface area contributed by atoms with Crippen LogP contribution in [0.5, 0.6) is 0 Å². The number of fused-ring (bicyclic) bond motifs is 1. The lowest BCUT2D eigenvalue weighted by molar-refractivity contribution is 0.517. The van der Waals surface area contributed by atoms with Gasteiger partial charge in [0.05, 0.1) is 19.0 Å². The Morgan fingerprint density at radius 3 is 3.04 bits per heavy atom. The van der Waals surface area contributed by atoms with E-state index in [9.17, 15) is 0 Å². The molecule has 3 heterocycles. The summed E-state index contributed by atoms with van der Waals surface area (Å²) in [5, 5.41) is 11.5. The highest BCUT2D eigenvalue weighted by molar-refractivity contribution is 5.67. The largest absolute Gasteiger partial charge is 0.467 e. The van der Waals surface area contributed by atoms with Crippen molar-refractivity contribution in [1.82, 2.24) is 15.2 Å². The van der Waals surface area contributed by atoms with Crippen molar-refractivity contribution in [1.29, 1.82) is 0 Å². The second-order valence-electron chi connectivity index (χ2n) is 5.63. The third-order valence-electron chi connectivity index (χ3n) is 3.99. The molecule has 0 saturated carbocycles. The molecular formula is C17H17N5O. The minimum atomic E-state index is 0.314. The van der Waals surface area contributed by atoms with Crippen molar-refractivity contribution < 1.29 is 4.42 Å². The van der Waals surface area contributed by atoms with Crippen molar-refractivity contribution in [2.24, 2.45) is 0 Å². The summed E-state index contributed by atoms with van der Waals surface area (Å²) in [7, 11) is 0. The molecule has 1 unspecified atom stereocenters. The van der Waals surface area contributed by atoms with Crippen LogP contribution in [-0.4, -0.2) is 21.2 Å². The molecule has 116 valence electrons. The maximum Gasteiger partial charge on any atom is 0.252 e. The summed E-state index contributed by atoms with van der Waals surface area (Å²) in [5.41, 5.74) is 2.47. The van der Waals surface area contributed by atoms with Crippen LogP contribution in [-0.2, 0) is 13.0 Å². The lowest BCUT2D eigenvalue weighted by atomic mass is 10.1. The molecular weight excluding hydrogens is 290 g/mol. The first kappa shape index (κ1) is 13.8. The number of benzene rings is 1. The number of nitrogens with one attached hydrogen (secondary N) is 1. The second kappa shape index (κ2) is 5.72. The number of furan rings is 1. The summed E-state index contributed by atoms with van der Waals surface area (Å²) in [4.78, 5) is 6.74. The maximum atomic E-state index is 5.31. The molecule has 1 aliphatic heterocycles. The van der Waals surface area contributed by atoms with Crippen LogP contribution < -0.4 is 10.2 Å². The quantitative estimate of drug-likeness (QED) is 0.798. The Kier molecular flexibility index (Phi) is 3.42. The van der Waals surface area contributed by atoms with Gasteiger partial charge in [0, 0.05) is 11.7 Å². The Bertz CT molecular complexity index is 802. The molecule has 0 radical (unpaired) electrons. The van der Waals surface area contributed by atoms with Gasteiger partial charge in [-0.25, -0.2) is 0 Å². The highest BCUT2D eigenvalue weighted by atomic mass is 16.3. The van der Waals surface area contributed by atoms with E-state index in [-0.39, 0.29) is 0 Å². The maximum absolute atomic E-state index is 5.31. The fourth-order valence-electron chi connectivity index (χ4n) is 2.94. The lowest BCUT2D eigenvalue weighted by Gasteiger charge is -2.22. The van der Waals surface area contributed by atoms with Gasteiger partial charge >= 0.3 is 0 Å². The molecule has 23 heavy (non-hydrogen) atoms. The summed E-state index contributed by atoms with van der Waals surface area (Å²) in [5.74, 6) is 2.15. The molecule has 3 aromatic rings. The highest BCUT2D eigenvalue weighted by Gasteiger charge is 2.29. The van der Waals surface area contributed by atoms with Crippen LogP contribution in [0.15, 0.2) is 53.3 Å². The van der Waals surface area contributed by atoms with Crippen molar-refractivity contribution in [2.75, 3.05) is 10.2 Å². The minimum absolute atomic E-state index is 0.314. The summed E-state index contributed by atoms with van der Waals surface area (Å²) in [6.07, 6.45) is 4.27. The third kappa shape index (κ3) is 2.63. The zero-order chi connectivity index (χ0) is 15.6. The molecule has 1 aliphatic rings. The molecule has 0 bridgehead atoms. The minimum Gasteiger partial charge on any atom is -0.467 e. The highest BCUT2D eigenvalue weighted by Crippen LogP contribution is 2.36. The van der Waals surface area contributed by atoms with Gasteiger partial charge in [0.2, 0.25) is 0 Å². The fourth-order valence-corrected chi connectivity index (χ4v) is 2.94. The van der Waals surface area contributed by atoms with Gasteiger partial charge in [-0.2, -0.15) is 10.1 Å². The Hall–Kier alpha value is -2.89. The number of aromatic nitrogens is 3. The predicted molar refractivity (Wildman–Crippen MR) is 87.6 cm³/mol. The first-order valence-electron chi connectivity index (χ1n) is 7.64. The molecule has 1 N–H and O–H groups in total. The molecule has 0 aliphatic carbocycles. The smallest absolute Gasteiger partial charge is 0.252 e. The van der Waals surface area contributed by atoms with E-state index in [4.69, 9.17) is 4.42 Å². The Morgan fingerprint density at radius 1 is 1.26 bits per heavy atom. The number of anilines is 3. The van der Waals surface area contributed by atoms with Crippen LogP contribution in [0.1, 0.15) is 18.2 Å². The summed E-state index contributed by atoms with van der Waals surface area (Å²) < 4.78 is 5.31. The SMILES string of the molecule is CC1Cc2ccccc2N1c1nncc(NCc2ccco2)n1. The van der Waals surface area contributed by atoms with Crippen molar-refractivity contribution in [3.63, 3.8) is 0 Å². The molecule has 6 heteroatoms. The normalized spacial score (nSPS) is 16.4. The number of hydrogen-bond donors (Lipinski definition) is 1. The topological polar surface area (TPSA) is 67.1 Å². The van der Waals surface area contributed by atoms with E-state index < -0.39 is 0 Å². The zero-order valence-corrected chi connectivity index (χ0v) is 12.8. The van der Waals surface area contributed by atoms with Crippen molar-refractivity contribution >= 4 is 17.5 Å². The molecule has 0 amide bonds. The van der Waals surface area contributed by atoms with Gasteiger partial charge in [-0.3, -0.25) is 0 Å². The zero-order valence-electron chi connectivity index (χ0n) is 12.8. The number of hydrogen-bond acceptors (Lipinski definition) is 6. The molecule has 6 nitrogen and oxygen atoms in total. The molecule has 0 spiro atoms. The molecule has 1 atom stereocenters. The monoisotopic (exact) mass is 307 g/mol. The van der Waals surface area contributed by atoms with Gasteiger partial charge in [-0.05, 0) is 37.1 Å². The Labute approximate surface area is 134 Å². The van der Waals surface area contributed by atoms with E-state index in [1.165, 1.54) is 5.56 Å². The molecule has 0 saturated heterocycles. The number of rotatable bonds is 4. The molecule has 4 rings (SSSR count). The first-order valence-corrected chi connectivity index (χ1v) is 7.64. The van der Waals surface area contributed by atoms with Crippen LogP contribution in [0.4, 0.5) is 17.5 Å². The Morgan fingerprint density at radius 2 is 2.17 bits per heavy atom. The molecule has 1 aromatic carbocycles. The van der Waals surface area contributed by atoms with Crippen LogP contribution in [0.3, 0.4) is 0 Å². The van der Waals surface area contributed by atoms with Gasteiger partial charge in [0.25, 0.3) is 5.95 Å². The van der Waals surface area contributed by atoms with E-state index in [2.05, 4.69) is 50.5 Å². The third-order valence-corrected chi connectivity index (χ3v) is 3.99. The standard InChI is InChI=1S/C17H17N5O/c1-12-9-13-5-2-3-7-15(13)22(12)17-20-16(11-19-21-17)18-10-14-6-4-8-23-14/h2-8,11-12H,9-10H2,1H3,(H,18,20,21). The van der Waals surface area contributed by atoms with Gasteiger partial charge in [0.15, 0.2) is 5.82 Å². The van der Waals surface area contributed by atoms with Gasteiger partial charge < -0.3 is 14.6 Å². The van der Waals surface area contributed by atoms with E-state index >= 15 is 0 Å². The molecule has 0 fully saturated rings. The van der Waals surface area contributed by atoms with Crippen LogP contribution >= 0.6 is 0 Å². The van der Waals surface area contributed by atoms with Gasteiger partial charge in [-0.15, -0.1) is 5.10 Å². The predicted octanol–water partition coefficient (Wildman–Crippen LogP) is 3.16. The fraction of sp³-hybridized carbons (Fsp3) is 0.235. The average Bonchev–Trinajstić information content (AvgIpc) is 3.19. The van der Waals surface area contributed by atoms with Crippen LogP contribution in [0.2, 0.25) is 0 Å². The van der Waals surface area contributed by atoms with Crippen LogP contribution in [0, 0.1) is 0 Å².